The molecule has 4 N–H and O–H groups in total. The van der Waals surface area contributed by atoms with E-state index in [1.54, 1.807) is 35.5 Å². The maximum Gasteiger partial charge on any atom is 0.490 e. The van der Waals surface area contributed by atoms with Gasteiger partial charge in [-0.1, -0.05) is 4.68 Å². The molecule has 1 atom stereocenters. The summed E-state index contributed by atoms with van der Waals surface area (Å²) in [6.07, 6.45) is 1.96. The van der Waals surface area contributed by atoms with Crippen LogP contribution in [-0.4, -0.2) is 49.4 Å². The van der Waals surface area contributed by atoms with E-state index in [4.69, 9.17) is 20.7 Å². The number of aryl methyl sites for hydroxylation is 1. The molecule has 0 spiro atoms. The number of hydrogen-bond donors (Lipinski definition) is 3. The van der Waals surface area contributed by atoms with Crippen molar-refractivity contribution in [3.05, 3.63) is 36.9 Å². The van der Waals surface area contributed by atoms with Crippen LogP contribution in [0.5, 0.6) is 0 Å². The summed E-state index contributed by atoms with van der Waals surface area (Å²) in [7, 11) is 0. The average molecular weight is 374 g/mol. The second kappa shape index (κ2) is 9.36. The molecule has 26 heavy (non-hydrogen) atoms. The number of halogens is 3. The number of carboxylic acid groups (broad SMARTS) is 2. The van der Waals surface area contributed by atoms with Crippen LogP contribution < -0.4 is 10.4 Å². The average Bonchev–Trinajstić information content (AvgIpc) is 2.60. The highest BCUT2D eigenvalue weighted by atomic mass is 19.4. The maximum absolute atomic E-state index is 10.6. The van der Waals surface area contributed by atoms with Crippen molar-refractivity contribution < 1.29 is 37.7 Å². The topological polar surface area (TPSA) is 143 Å². The molecule has 0 aliphatic rings. The molecule has 2 aromatic rings. The van der Waals surface area contributed by atoms with Crippen LogP contribution in [0.4, 0.5) is 13.2 Å². The number of hydrogen-bond acceptors (Lipinski definition) is 6. The van der Waals surface area contributed by atoms with Crippen molar-refractivity contribution in [2.45, 2.75) is 25.2 Å². The van der Waals surface area contributed by atoms with E-state index in [2.05, 4.69) is 15.1 Å². The monoisotopic (exact) mass is 374 g/mol. The van der Waals surface area contributed by atoms with Crippen molar-refractivity contribution in [3.8, 4) is 11.4 Å². The van der Waals surface area contributed by atoms with Crippen LogP contribution in [0.25, 0.3) is 11.4 Å². The van der Waals surface area contributed by atoms with E-state index in [1.165, 1.54) is 0 Å². The van der Waals surface area contributed by atoms with Crippen LogP contribution >= 0.6 is 0 Å². The normalized spacial score (nSPS) is 11.8. The number of alkyl halides is 3. The van der Waals surface area contributed by atoms with Crippen molar-refractivity contribution in [2.75, 3.05) is 0 Å². The summed E-state index contributed by atoms with van der Waals surface area (Å²) in [5.74, 6) is -3.16. The number of carbonyl (C=O) groups is 2. The fourth-order valence-electron chi connectivity index (χ4n) is 1.49. The molecule has 0 bridgehead atoms. The Morgan fingerprint density at radius 2 is 1.81 bits per heavy atom. The number of aliphatic carboxylic acids is 2. The van der Waals surface area contributed by atoms with Gasteiger partial charge in [0.25, 0.3) is 0 Å². The van der Waals surface area contributed by atoms with Crippen molar-refractivity contribution in [1.29, 1.82) is 0 Å². The minimum Gasteiger partial charge on any atom is -0.480 e. The van der Waals surface area contributed by atoms with Gasteiger partial charge in [-0.2, -0.15) is 13.2 Å². The highest BCUT2D eigenvalue weighted by Crippen LogP contribution is 2.13. The third-order valence-electron chi connectivity index (χ3n) is 2.82. The molecule has 0 aliphatic carbocycles. The Hall–Kier alpha value is -3.15. The van der Waals surface area contributed by atoms with Crippen LogP contribution in [-0.2, 0) is 16.1 Å². The number of rotatable bonds is 5. The van der Waals surface area contributed by atoms with Gasteiger partial charge >= 0.3 is 18.1 Å². The lowest BCUT2D eigenvalue weighted by molar-refractivity contribution is -0.754. The molecule has 0 fully saturated rings. The van der Waals surface area contributed by atoms with Gasteiger partial charge in [0, 0.05) is 30.4 Å². The molecule has 2 rings (SSSR count). The van der Waals surface area contributed by atoms with E-state index in [0.29, 0.717) is 18.8 Å². The van der Waals surface area contributed by atoms with Gasteiger partial charge in [0.1, 0.15) is 12.2 Å². The lowest BCUT2D eigenvalue weighted by Gasteiger charge is -2.02. The zero-order valence-corrected chi connectivity index (χ0v) is 13.2. The first-order valence-electron chi connectivity index (χ1n) is 7.03. The van der Waals surface area contributed by atoms with Gasteiger partial charge in [-0.3, -0.25) is 4.79 Å². The fourth-order valence-corrected chi connectivity index (χ4v) is 1.49. The molecular formula is C14H15F3N5O4+. The van der Waals surface area contributed by atoms with Gasteiger partial charge in [0.15, 0.2) is 18.6 Å². The van der Waals surface area contributed by atoms with Gasteiger partial charge in [0.05, 0.1) is 0 Å². The summed E-state index contributed by atoms with van der Waals surface area (Å²) in [5.41, 5.74) is 6.23. The van der Waals surface area contributed by atoms with Gasteiger partial charge in [0.2, 0.25) is 0 Å². The minimum absolute atomic E-state index is 0.328. The molecule has 2 heterocycles. The lowest BCUT2D eigenvalue weighted by atomic mass is 10.2. The Labute approximate surface area is 144 Å². The van der Waals surface area contributed by atoms with Crippen LogP contribution in [0.1, 0.15) is 6.42 Å². The number of nitrogens with zero attached hydrogens (tertiary/aromatic N) is 4. The van der Waals surface area contributed by atoms with E-state index in [9.17, 15) is 18.0 Å². The molecule has 9 nitrogen and oxygen atoms in total. The van der Waals surface area contributed by atoms with E-state index in [0.717, 1.165) is 5.56 Å². The van der Waals surface area contributed by atoms with Gasteiger partial charge < -0.3 is 15.9 Å². The van der Waals surface area contributed by atoms with Crippen molar-refractivity contribution in [1.82, 2.24) is 15.1 Å². The van der Waals surface area contributed by atoms with Crippen molar-refractivity contribution in [2.24, 2.45) is 5.73 Å². The predicted molar refractivity (Wildman–Crippen MR) is 79.4 cm³/mol. The Bertz CT molecular complexity index is 726. The van der Waals surface area contributed by atoms with Crippen molar-refractivity contribution >= 4 is 11.9 Å². The second-order valence-corrected chi connectivity index (χ2v) is 4.79. The molecule has 0 saturated heterocycles. The van der Waals surface area contributed by atoms with Crippen molar-refractivity contribution in [3.63, 3.8) is 0 Å². The lowest BCUT2D eigenvalue weighted by Crippen LogP contribution is -2.42. The first kappa shape index (κ1) is 20.9. The molecular weight excluding hydrogens is 359 g/mol. The summed E-state index contributed by atoms with van der Waals surface area (Å²) < 4.78 is 33.4. The zero-order chi connectivity index (χ0) is 19.7. The summed E-state index contributed by atoms with van der Waals surface area (Å²) >= 11 is 0. The van der Waals surface area contributed by atoms with Crippen LogP contribution in [0.15, 0.2) is 36.9 Å². The molecule has 2 aromatic heterocycles. The predicted octanol–water partition coefficient (Wildman–Crippen LogP) is 0.261. The highest BCUT2D eigenvalue weighted by Gasteiger charge is 2.38. The minimum atomic E-state index is -5.08. The smallest absolute Gasteiger partial charge is 0.480 e. The summed E-state index contributed by atoms with van der Waals surface area (Å²) in [6.45, 7) is 0.448. The van der Waals surface area contributed by atoms with Gasteiger partial charge in [-0.25, -0.2) is 14.8 Å². The molecule has 12 heteroatoms. The molecule has 0 saturated carbocycles. The molecule has 140 valence electrons. The summed E-state index contributed by atoms with van der Waals surface area (Å²) in [4.78, 5) is 27.7. The summed E-state index contributed by atoms with van der Waals surface area (Å²) in [5, 5.41) is 20.0. The fraction of sp³-hybridized carbons (Fsp3) is 0.286. The molecule has 0 unspecified atom stereocenters. The Balaban J connectivity index is 0.000000412. The quantitative estimate of drug-likeness (QED) is 0.633. The molecule has 0 radical (unpaired) electrons. The second-order valence-electron chi connectivity index (χ2n) is 4.79. The standard InChI is InChI=1S/C12H13N5O2.C2HF3O2/c13-10(12(18)19)3-7-17-6-2-9(8-16-17)11-14-4-1-5-15-11;3-2(4,5)1(6)7/h1-2,4-6,8,10H,3,7,13H2;(H,6,7)/p+1/t10-;/m1./s1. The number of aromatic nitrogens is 4. The summed E-state index contributed by atoms with van der Waals surface area (Å²) in [6, 6.07) is 2.70. The molecule has 0 amide bonds. The van der Waals surface area contributed by atoms with Crippen LogP contribution in [0, 0.1) is 0 Å². The maximum atomic E-state index is 10.6. The van der Waals surface area contributed by atoms with Crippen LogP contribution in [0.3, 0.4) is 0 Å². The molecule has 0 aliphatic heterocycles. The van der Waals surface area contributed by atoms with E-state index in [1.807, 2.05) is 6.07 Å². The van der Waals surface area contributed by atoms with E-state index in [-0.39, 0.29) is 0 Å². The number of carboxylic acids is 2. The third kappa shape index (κ3) is 7.17. The molecule has 0 aromatic carbocycles. The Morgan fingerprint density at radius 3 is 2.23 bits per heavy atom. The van der Waals surface area contributed by atoms with Gasteiger partial charge in [-0.05, 0) is 11.2 Å². The first-order valence-corrected chi connectivity index (χ1v) is 7.03. The Kier molecular flexibility index (Phi) is 7.52. The van der Waals surface area contributed by atoms with Gasteiger partial charge in [-0.15, -0.1) is 0 Å². The van der Waals surface area contributed by atoms with Crippen LogP contribution in [0.2, 0.25) is 0 Å². The first-order chi connectivity index (χ1) is 12.1. The third-order valence-corrected chi connectivity index (χ3v) is 2.82. The van der Waals surface area contributed by atoms with E-state index < -0.39 is 24.2 Å². The zero-order valence-electron chi connectivity index (χ0n) is 13.2. The highest BCUT2D eigenvalue weighted by molar-refractivity contribution is 5.73. The largest absolute Gasteiger partial charge is 0.490 e. The Morgan fingerprint density at radius 1 is 1.23 bits per heavy atom. The SMILES string of the molecule is N[C@H](CC[n+]1ccc(-c2ncccn2)cn1)C(=O)O.O=C(O)C(F)(F)F. The number of nitrogens with two attached hydrogens (primary N) is 1. The van der Waals surface area contributed by atoms with E-state index >= 15 is 0 Å².